The normalized spacial score (nSPS) is 16.4. The second-order valence-corrected chi connectivity index (χ2v) is 5.46. The molecule has 18 heavy (non-hydrogen) atoms. The van der Waals surface area contributed by atoms with Crippen LogP contribution < -0.4 is 5.32 Å². The average Bonchev–Trinajstić information content (AvgIpc) is 3.10. The lowest BCUT2D eigenvalue weighted by Gasteiger charge is -2.15. The number of hydrogen-bond donors (Lipinski definition) is 1. The first-order valence-electron chi connectivity index (χ1n) is 6.17. The minimum Gasteiger partial charge on any atom is -0.351 e. The molecule has 4 heteroatoms. The molecular weight excluding hydrogens is 253 g/mol. The number of nitrogens with one attached hydrogen (secondary N) is 1. The number of amides is 1. The number of benzene rings is 1. The molecule has 0 heterocycles. The quantitative estimate of drug-likeness (QED) is 0.817. The Morgan fingerprint density at radius 1 is 1.50 bits per heavy atom. The van der Waals surface area contributed by atoms with Crippen LogP contribution >= 0.6 is 11.6 Å². The van der Waals surface area contributed by atoms with Gasteiger partial charge in [-0.2, -0.15) is 0 Å². The van der Waals surface area contributed by atoms with E-state index in [2.05, 4.69) is 5.32 Å². The summed E-state index contributed by atoms with van der Waals surface area (Å²) in [6, 6.07) is 4.27. The van der Waals surface area contributed by atoms with Gasteiger partial charge in [0.1, 0.15) is 5.82 Å². The summed E-state index contributed by atoms with van der Waals surface area (Å²) in [6.45, 7) is 2.44. The van der Waals surface area contributed by atoms with Crippen LogP contribution in [-0.2, 0) is 0 Å². The van der Waals surface area contributed by atoms with Crippen molar-refractivity contribution in [3.8, 4) is 0 Å². The molecule has 0 aliphatic heterocycles. The lowest BCUT2D eigenvalue weighted by Crippen LogP contribution is -2.31. The van der Waals surface area contributed by atoms with E-state index in [4.69, 9.17) is 11.6 Å². The van der Waals surface area contributed by atoms with E-state index in [1.807, 2.05) is 0 Å². The van der Waals surface area contributed by atoms with Crippen LogP contribution in [0.3, 0.4) is 0 Å². The average molecular weight is 270 g/mol. The van der Waals surface area contributed by atoms with Crippen LogP contribution in [0.4, 0.5) is 4.39 Å². The maximum Gasteiger partial charge on any atom is 0.251 e. The Kier molecular flexibility index (Phi) is 3.91. The summed E-state index contributed by atoms with van der Waals surface area (Å²) in [6.07, 6.45) is 3.15. The highest BCUT2D eigenvalue weighted by Crippen LogP contribution is 2.48. The molecule has 2 nitrogen and oxygen atoms in total. The highest BCUT2D eigenvalue weighted by atomic mass is 35.5. The maximum absolute atomic E-state index is 13.1. The number of alkyl halides is 1. The number of hydrogen-bond acceptors (Lipinski definition) is 1. The highest BCUT2D eigenvalue weighted by Gasteiger charge is 2.41. The first-order chi connectivity index (χ1) is 8.56. The summed E-state index contributed by atoms with van der Waals surface area (Å²) in [4.78, 5) is 12.0. The van der Waals surface area contributed by atoms with Crippen molar-refractivity contribution in [1.29, 1.82) is 0 Å². The molecule has 0 saturated heterocycles. The predicted octanol–water partition coefficient (Wildman–Crippen LogP) is 3.27. The van der Waals surface area contributed by atoms with E-state index in [1.54, 1.807) is 13.0 Å². The SMILES string of the molecule is Cc1ccc(F)cc1C(=O)NCC1(CCCl)CC1. The molecule has 0 radical (unpaired) electrons. The molecule has 98 valence electrons. The molecule has 1 aromatic rings. The zero-order valence-corrected chi connectivity index (χ0v) is 11.2. The summed E-state index contributed by atoms with van der Waals surface area (Å²) in [5.41, 5.74) is 1.39. The largest absolute Gasteiger partial charge is 0.351 e. The monoisotopic (exact) mass is 269 g/mol. The number of aryl methyl sites for hydroxylation is 1. The molecule has 0 aromatic heterocycles. The van der Waals surface area contributed by atoms with Crippen molar-refractivity contribution in [3.05, 3.63) is 35.1 Å². The van der Waals surface area contributed by atoms with Gasteiger partial charge in [-0.25, -0.2) is 4.39 Å². The van der Waals surface area contributed by atoms with Gasteiger partial charge in [0.2, 0.25) is 0 Å². The van der Waals surface area contributed by atoms with Crippen LogP contribution in [0.25, 0.3) is 0 Å². The molecule has 0 bridgehead atoms. The summed E-state index contributed by atoms with van der Waals surface area (Å²) >= 11 is 5.74. The zero-order valence-electron chi connectivity index (χ0n) is 10.4. The van der Waals surface area contributed by atoms with Gasteiger partial charge in [0, 0.05) is 18.0 Å². The van der Waals surface area contributed by atoms with Crippen LogP contribution in [0.15, 0.2) is 18.2 Å². The summed E-state index contributed by atoms with van der Waals surface area (Å²) in [7, 11) is 0. The lowest BCUT2D eigenvalue weighted by molar-refractivity contribution is 0.0943. The van der Waals surface area contributed by atoms with Crippen LogP contribution in [0.2, 0.25) is 0 Å². The molecule has 0 spiro atoms. The molecule has 1 N–H and O–H groups in total. The Bertz CT molecular complexity index is 457. The van der Waals surface area contributed by atoms with Crippen molar-refractivity contribution in [2.75, 3.05) is 12.4 Å². The maximum atomic E-state index is 13.1. The van der Waals surface area contributed by atoms with Gasteiger partial charge in [-0.05, 0) is 49.3 Å². The lowest BCUT2D eigenvalue weighted by atomic mass is 10.0. The van der Waals surface area contributed by atoms with Gasteiger partial charge in [0.15, 0.2) is 0 Å². The second-order valence-electron chi connectivity index (χ2n) is 5.08. The minimum absolute atomic E-state index is 0.193. The Balaban J connectivity index is 1.98. The summed E-state index contributed by atoms with van der Waals surface area (Å²) < 4.78 is 13.1. The number of carbonyl (C=O) groups excluding carboxylic acids is 1. The van der Waals surface area contributed by atoms with Crippen molar-refractivity contribution in [2.24, 2.45) is 5.41 Å². The van der Waals surface area contributed by atoms with Gasteiger partial charge < -0.3 is 5.32 Å². The second kappa shape index (κ2) is 5.27. The van der Waals surface area contributed by atoms with E-state index in [0.717, 1.165) is 24.8 Å². The van der Waals surface area contributed by atoms with Crippen LogP contribution in [-0.4, -0.2) is 18.3 Å². The van der Waals surface area contributed by atoms with E-state index < -0.39 is 0 Å². The Labute approximate surface area is 112 Å². The van der Waals surface area contributed by atoms with Gasteiger partial charge in [-0.1, -0.05) is 6.07 Å². The molecule has 0 atom stereocenters. The first kappa shape index (κ1) is 13.3. The fourth-order valence-corrected chi connectivity index (χ4v) is 2.50. The third-order valence-electron chi connectivity index (χ3n) is 3.65. The molecular formula is C14H17ClFNO. The van der Waals surface area contributed by atoms with Crippen molar-refractivity contribution in [1.82, 2.24) is 5.32 Å². The number of halogens is 2. The van der Waals surface area contributed by atoms with Crippen LogP contribution in [0.5, 0.6) is 0 Å². The van der Waals surface area contributed by atoms with Gasteiger partial charge in [-0.3, -0.25) is 4.79 Å². The van der Waals surface area contributed by atoms with E-state index >= 15 is 0 Å². The van der Waals surface area contributed by atoms with E-state index in [-0.39, 0.29) is 17.1 Å². The van der Waals surface area contributed by atoms with E-state index in [9.17, 15) is 9.18 Å². The molecule has 1 aromatic carbocycles. The smallest absolute Gasteiger partial charge is 0.251 e. The van der Waals surface area contributed by atoms with Crippen LogP contribution in [0.1, 0.15) is 35.2 Å². The third-order valence-corrected chi connectivity index (χ3v) is 3.84. The standard InChI is InChI=1S/C14H17ClFNO/c1-10-2-3-11(16)8-12(10)13(18)17-9-14(4-5-14)6-7-15/h2-3,8H,4-7,9H2,1H3,(H,17,18). The van der Waals surface area contributed by atoms with Gasteiger partial charge in [0.05, 0.1) is 0 Å². The minimum atomic E-state index is -0.382. The Hall–Kier alpha value is -1.09. The molecule has 1 saturated carbocycles. The van der Waals surface area contributed by atoms with Crippen LogP contribution in [0, 0.1) is 18.2 Å². The first-order valence-corrected chi connectivity index (χ1v) is 6.70. The number of rotatable bonds is 5. The summed E-state index contributed by atoms with van der Waals surface area (Å²) in [5.74, 6) is 0.0370. The van der Waals surface area contributed by atoms with Crippen molar-refractivity contribution >= 4 is 17.5 Å². The number of carbonyl (C=O) groups is 1. The molecule has 0 unspecified atom stereocenters. The van der Waals surface area contributed by atoms with E-state index in [0.29, 0.717) is 18.0 Å². The Morgan fingerprint density at radius 2 is 2.22 bits per heavy atom. The predicted molar refractivity (Wildman–Crippen MR) is 70.5 cm³/mol. The molecule has 2 rings (SSSR count). The van der Waals surface area contributed by atoms with Gasteiger partial charge in [-0.15, -0.1) is 11.6 Å². The van der Waals surface area contributed by atoms with Gasteiger partial charge >= 0.3 is 0 Å². The summed E-state index contributed by atoms with van der Waals surface area (Å²) in [5, 5.41) is 2.89. The fourth-order valence-electron chi connectivity index (χ4n) is 2.09. The molecule has 1 aliphatic carbocycles. The van der Waals surface area contributed by atoms with E-state index in [1.165, 1.54) is 12.1 Å². The third kappa shape index (κ3) is 3.02. The molecule has 1 fully saturated rings. The highest BCUT2D eigenvalue weighted by molar-refractivity contribution is 6.17. The topological polar surface area (TPSA) is 29.1 Å². The van der Waals surface area contributed by atoms with Gasteiger partial charge in [0.25, 0.3) is 5.91 Å². The van der Waals surface area contributed by atoms with Crippen molar-refractivity contribution < 1.29 is 9.18 Å². The molecule has 1 aliphatic rings. The van der Waals surface area contributed by atoms with Crippen molar-refractivity contribution in [3.63, 3.8) is 0 Å². The fraction of sp³-hybridized carbons (Fsp3) is 0.500. The zero-order chi connectivity index (χ0) is 13.2. The van der Waals surface area contributed by atoms with Crippen molar-refractivity contribution in [2.45, 2.75) is 26.2 Å². The molecule has 1 amide bonds. The Morgan fingerprint density at radius 3 is 2.83 bits per heavy atom.